The van der Waals surface area contributed by atoms with Gasteiger partial charge in [-0.2, -0.15) is 0 Å². The van der Waals surface area contributed by atoms with Crippen molar-refractivity contribution in [2.75, 3.05) is 19.8 Å². The van der Waals surface area contributed by atoms with Gasteiger partial charge in [-0.05, 0) is 13.8 Å². The molecule has 0 amide bonds. The molecule has 0 aromatic heterocycles. The topological polar surface area (TPSA) is 87.6 Å². The lowest BCUT2D eigenvalue weighted by atomic mass is 10.2. The molecule has 0 rings (SSSR count). The van der Waals surface area contributed by atoms with Crippen LogP contribution in [0.4, 0.5) is 0 Å². The monoisotopic (exact) mass is 216 g/mol. The highest BCUT2D eigenvalue weighted by Gasteiger charge is 2.10. The average molecular weight is 216 g/mol. The second-order valence-electron chi connectivity index (χ2n) is 3.13. The van der Waals surface area contributed by atoms with Crippen molar-refractivity contribution in [3.05, 3.63) is 12.2 Å². The quantitative estimate of drug-likeness (QED) is 0.349. The molecule has 2 atom stereocenters. The summed E-state index contributed by atoms with van der Waals surface area (Å²) in [4.78, 5) is 11.2. The van der Waals surface area contributed by atoms with E-state index in [-0.39, 0.29) is 12.6 Å². The SMILES string of the molecule is CCOCCOC(=O)C(N)/C=C\C(C)N. The first-order valence-electron chi connectivity index (χ1n) is 5.01. The van der Waals surface area contributed by atoms with Crippen molar-refractivity contribution in [1.29, 1.82) is 0 Å². The van der Waals surface area contributed by atoms with Crippen molar-refractivity contribution in [2.24, 2.45) is 11.5 Å². The van der Waals surface area contributed by atoms with E-state index in [1.807, 2.05) is 6.92 Å². The standard InChI is InChI=1S/C10H20N2O3/c1-3-14-6-7-15-10(13)9(12)5-4-8(2)11/h4-5,8-9H,3,6-7,11-12H2,1-2H3/b5-4-. The Kier molecular flexibility index (Phi) is 7.89. The Balaban J connectivity index is 3.69. The Morgan fingerprint density at radius 3 is 2.53 bits per heavy atom. The lowest BCUT2D eigenvalue weighted by Crippen LogP contribution is -2.31. The van der Waals surface area contributed by atoms with Gasteiger partial charge in [-0.25, -0.2) is 0 Å². The Bertz CT molecular complexity index is 205. The summed E-state index contributed by atoms with van der Waals surface area (Å²) < 4.78 is 9.86. The molecule has 0 aromatic rings. The van der Waals surface area contributed by atoms with Crippen LogP contribution in [0.15, 0.2) is 12.2 Å². The van der Waals surface area contributed by atoms with Gasteiger partial charge in [0.15, 0.2) is 0 Å². The van der Waals surface area contributed by atoms with E-state index in [4.69, 9.17) is 20.9 Å². The number of ether oxygens (including phenoxy) is 2. The van der Waals surface area contributed by atoms with Gasteiger partial charge >= 0.3 is 5.97 Å². The molecule has 15 heavy (non-hydrogen) atoms. The number of esters is 1. The zero-order chi connectivity index (χ0) is 11.7. The van der Waals surface area contributed by atoms with E-state index in [0.29, 0.717) is 13.2 Å². The molecule has 0 radical (unpaired) electrons. The second kappa shape index (κ2) is 8.40. The van der Waals surface area contributed by atoms with Gasteiger partial charge < -0.3 is 20.9 Å². The van der Waals surface area contributed by atoms with Crippen molar-refractivity contribution >= 4 is 5.97 Å². The Morgan fingerprint density at radius 1 is 1.33 bits per heavy atom. The predicted octanol–water partition coefficient (Wildman–Crippen LogP) is -0.203. The molecule has 2 unspecified atom stereocenters. The number of nitrogens with two attached hydrogens (primary N) is 2. The highest BCUT2D eigenvalue weighted by Crippen LogP contribution is 1.90. The summed E-state index contributed by atoms with van der Waals surface area (Å²) in [5.74, 6) is -0.466. The molecule has 0 bridgehead atoms. The number of hydrogen-bond donors (Lipinski definition) is 2. The normalized spacial score (nSPS) is 15.2. The summed E-state index contributed by atoms with van der Waals surface area (Å²) in [6.07, 6.45) is 3.20. The van der Waals surface area contributed by atoms with Gasteiger partial charge in [0.1, 0.15) is 12.6 Å². The van der Waals surface area contributed by atoms with Crippen molar-refractivity contribution in [2.45, 2.75) is 25.9 Å². The molecule has 0 saturated carbocycles. The zero-order valence-electron chi connectivity index (χ0n) is 9.31. The van der Waals surface area contributed by atoms with Gasteiger partial charge in [0.05, 0.1) is 6.61 Å². The third kappa shape index (κ3) is 8.11. The Labute approximate surface area is 90.4 Å². The molecule has 0 aromatic carbocycles. The van der Waals surface area contributed by atoms with Crippen LogP contribution in [0.3, 0.4) is 0 Å². The minimum absolute atomic E-state index is 0.118. The zero-order valence-corrected chi connectivity index (χ0v) is 9.31. The van der Waals surface area contributed by atoms with Crippen LogP contribution in [-0.4, -0.2) is 37.9 Å². The van der Waals surface area contributed by atoms with E-state index in [9.17, 15) is 4.79 Å². The van der Waals surface area contributed by atoms with E-state index in [1.54, 1.807) is 13.0 Å². The molecule has 4 N–H and O–H groups in total. The van der Waals surface area contributed by atoms with Crippen LogP contribution in [0.25, 0.3) is 0 Å². The number of rotatable bonds is 7. The van der Waals surface area contributed by atoms with Gasteiger partial charge in [-0.3, -0.25) is 4.79 Å². The average Bonchev–Trinajstić information content (AvgIpc) is 2.20. The van der Waals surface area contributed by atoms with Crippen molar-refractivity contribution in [1.82, 2.24) is 0 Å². The van der Waals surface area contributed by atoms with Crippen LogP contribution in [0.5, 0.6) is 0 Å². The van der Waals surface area contributed by atoms with Crippen molar-refractivity contribution in [3.63, 3.8) is 0 Å². The largest absolute Gasteiger partial charge is 0.462 e. The van der Waals surface area contributed by atoms with E-state index < -0.39 is 12.0 Å². The first-order chi connectivity index (χ1) is 7.07. The molecular formula is C10H20N2O3. The second-order valence-corrected chi connectivity index (χ2v) is 3.13. The fourth-order valence-corrected chi connectivity index (χ4v) is 0.815. The Hall–Kier alpha value is -0.910. The lowest BCUT2D eigenvalue weighted by molar-refractivity contribution is -0.145. The van der Waals surface area contributed by atoms with Crippen molar-refractivity contribution < 1.29 is 14.3 Å². The molecule has 88 valence electrons. The summed E-state index contributed by atoms with van der Waals surface area (Å²) in [5, 5.41) is 0. The molecule has 0 saturated heterocycles. The van der Waals surface area contributed by atoms with Gasteiger partial charge in [-0.1, -0.05) is 12.2 Å². The molecule has 0 fully saturated rings. The van der Waals surface area contributed by atoms with Gasteiger partial charge in [0.2, 0.25) is 0 Å². The molecular weight excluding hydrogens is 196 g/mol. The fourth-order valence-electron chi connectivity index (χ4n) is 0.815. The van der Waals surface area contributed by atoms with Crippen LogP contribution >= 0.6 is 0 Å². The number of carbonyl (C=O) groups excluding carboxylic acids is 1. The van der Waals surface area contributed by atoms with Crippen LogP contribution in [0.1, 0.15) is 13.8 Å². The molecule has 0 spiro atoms. The molecule has 0 aliphatic rings. The number of hydrogen-bond acceptors (Lipinski definition) is 5. The first-order valence-corrected chi connectivity index (χ1v) is 5.01. The van der Waals surface area contributed by atoms with E-state index in [2.05, 4.69) is 0 Å². The molecule has 5 heteroatoms. The van der Waals surface area contributed by atoms with E-state index in [1.165, 1.54) is 6.08 Å². The highest BCUT2D eigenvalue weighted by molar-refractivity contribution is 5.77. The van der Waals surface area contributed by atoms with Crippen LogP contribution in [0, 0.1) is 0 Å². The molecule has 0 heterocycles. The number of carbonyl (C=O) groups is 1. The fraction of sp³-hybridized carbons (Fsp3) is 0.700. The molecule has 0 aliphatic heterocycles. The smallest absolute Gasteiger partial charge is 0.327 e. The predicted molar refractivity (Wildman–Crippen MR) is 58.2 cm³/mol. The molecule has 0 aliphatic carbocycles. The maximum absolute atomic E-state index is 11.2. The summed E-state index contributed by atoms with van der Waals surface area (Å²) >= 11 is 0. The van der Waals surface area contributed by atoms with E-state index >= 15 is 0 Å². The third-order valence-electron chi connectivity index (χ3n) is 1.57. The van der Waals surface area contributed by atoms with Gasteiger partial charge in [0.25, 0.3) is 0 Å². The van der Waals surface area contributed by atoms with Crippen LogP contribution in [-0.2, 0) is 14.3 Å². The van der Waals surface area contributed by atoms with Crippen LogP contribution < -0.4 is 11.5 Å². The van der Waals surface area contributed by atoms with Crippen molar-refractivity contribution in [3.8, 4) is 0 Å². The summed E-state index contributed by atoms with van der Waals surface area (Å²) in [6, 6.07) is -0.870. The maximum atomic E-state index is 11.2. The van der Waals surface area contributed by atoms with E-state index in [0.717, 1.165) is 0 Å². The van der Waals surface area contributed by atoms with Gasteiger partial charge in [0, 0.05) is 12.6 Å². The minimum atomic E-state index is -0.752. The molecule has 5 nitrogen and oxygen atoms in total. The lowest BCUT2D eigenvalue weighted by Gasteiger charge is -2.08. The highest BCUT2D eigenvalue weighted by atomic mass is 16.6. The maximum Gasteiger partial charge on any atom is 0.327 e. The first kappa shape index (κ1) is 14.1. The van der Waals surface area contributed by atoms with Crippen LogP contribution in [0.2, 0.25) is 0 Å². The summed E-state index contributed by atoms with van der Waals surface area (Å²) in [5.41, 5.74) is 11.0. The third-order valence-corrected chi connectivity index (χ3v) is 1.57. The Morgan fingerprint density at radius 2 is 2.00 bits per heavy atom. The summed E-state index contributed by atoms with van der Waals surface area (Å²) in [7, 11) is 0. The summed E-state index contributed by atoms with van der Waals surface area (Å²) in [6.45, 7) is 4.90. The minimum Gasteiger partial charge on any atom is -0.462 e. The van der Waals surface area contributed by atoms with Gasteiger partial charge in [-0.15, -0.1) is 0 Å².